The van der Waals surface area contributed by atoms with Crippen molar-refractivity contribution in [3.63, 3.8) is 0 Å². The number of carbonyl (C=O) groups excluding carboxylic acids is 1. The molecule has 1 atom stereocenters. The van der Waals surface area contributed by atoms with Gasteiger partial charge in [0.2, 0.25) is 5.91 Å². The molecule has 0 unspecified atom stereocenters. The molecule has 1 saturated heterocycles. The van der Waals surface area contributed by atoms with E-state index in [4.69, 9.17) is 11.6 Å². The molecule has 5 heteroatoms. The van der Waals surface area contributed by atoms with E-state index in [2.05, 4.69) is 10.2 Å². The average Bonchev–Trinajstić information content (AvgIpc) is 2.81. The van der Waals surface area contributed by atoms with Gasteiger partial charge in [0, 0.05) is 30.7 Å². The average molecular weight is 271 g/mol. The molecule has 3 nitrogen and oxygen atoms in total. The van der Waals surface area contributed by atoms with Crippen LogP contribution in [0, 0.1) is 11.7 Å². The van der Waals surface area contributed by atoms with Crippen LogP contribution in [0.15, 0.2) is 18.2 Å². The molecule has 1 fully saturated rings. The van der Waals surface area contributed by atoms with Gasteiger partial charge in [-0.15, -0.1) is 0 Å². The highest BCUT2D eigenvalue weighted by Crippen LogP contribution is 2.24. The van der Waals surface area contributed by atoms with Gasteiger partial charge in [-0.3, -0.25) is 9.69 Å². The van der Waals surface area contributed by atoms with Crippen LogP contribution in [-0.2, 0) is 11.3 Å². The highest BCUT2D eigenvalue weighted by Gasteiger charge is 2.28. The van der Waals surface area contributed by atoms with Crippen molar-refractivity contribution in [1.82, 2.24) is 10.2 Å². The number of hydrogen-bond acceptors (Lipinski definition) is 2. The maximum atomic E-state index is 13.6. The van der Waals surface area contributed by atoms with Crippen LogP contribution in [0.2, 0.25) is 5.02 Å². The SMILES string of the molecule is CNC(=O)[C@@H]1CCN(Cc2c(F)cccc2Cl)C1. The van der Waals surface area contributed by atoms with E-state index >= 15 is 0 Å². The Morgan fingerprint density at radius 3 is 3.06 bits per heavy atom. The lowest BCUT2D eigenvalue weighted by Gasteiger charge is -2.17. The summed E-state index contributed by atoms with van der Waals surface area (Å²) >= 11 is 5.99. The third-order valence-corrected chi connectivity index (χ3v) is 3.69. The second-order valence-electron chi connectivity index (χ2n) is 4.54. The third kappa shape index (κ3) is 2.82. The van der Waals surface area contributed by atoms with Crippen molar-refractivity contribution in [3.05, 3.63) is 34.6 Å². The van der Waals surface area contributed by atoms with Gasteiger partial charge in [0.25, 0.3) is 0 Å². The Morgan fingerprint density at radius 2 is 2.39 bits per heavy atom. The normalized spacial score (nSPS) is 20.1. The number of carbonyl (C=O) groups is 1. The lowest BCUT2D eigenvalue weighted by atomic mass is 10.1. The van der Waals surface area contributed by atoms with Gasteiger partial charge in [0.05, 0.1) is 5.92 Å². The smallest absolute Gasteiger partial charge is 0.224 e. The van der Waals surface area contributed by atoms with Crippen molar-refractivity contribution >= 4 is 17.5 Å². The maximum absolute atomic E-state index is 13.6. The summed E-state index contributed by atoms with van der Waals surface area (Å²) in [5.41, 5.74) is 0.511. The molecule has 0 aromatic heterocycles. The van der Waals surface area contributed by atoms with E-state index in [1.165, 1.54) is 6.07 Å². The fourth-order valence-electron chi connectivity index (χ4n) is 2.30. The number of nitrogens with one attached hydrogen (secondary N) is 1. The summed E-state index contributed by atoms with van der Waals surface area (Å²) < 4.78 is 13.6. The van der Waals surface area contributed by atoms with Gasteiger partial charge < -0.3 is 5.32 Å². The van der Waals surface area contributed by atoms with Gasteiger partial charge in [-0.25, -0.2) is 4.39 Å². The Hall–Kier alpha value is -1.13. The summed E-state index contributed by atoms with van der Waals surface area (Å²) in [5, 5.41) is 3.09. The fraction of sp³-hybridized carbons (Fsp3) is 0.462. The lowest BCUT2D eigenvalue weighted by Crippen LogP contribution is -2.30. The van der Waals surface area contributed by atoms with Crippen LogP contribution in [0.25, 0.3) is 0 Å². The first-order valence-corrected chi connectivity index (χ1v) is 6.36. The summed E-state index contributed by atoms with van der Waals surface area (Å²) in [6, 6.07) is 4.69. The monoisotopic (exact) mass is 270 g/mol. The molecule has 1 aromatic carbocycles. The van der Waals surface area contributed by atoms with E-state index in [1.807, 2.05) is 0 Å². The van der Waals surface area contributed by atoms with Gasteiger partial charge in [0.1, 0.15) is 5.82 Å². The Morgan fingerprint density at radius 1 is 1.61 bits per heavy atom. The number of hydrogen-bond donors (Lipinski definition) is 1. The van der Waals surface area contributed by atoms with Gasteiger partial charge in [-0.05, 0) is 25.1 Å². The molecule has 1 heterocycles. The predicted octanol–water partition coefficient (Wildman–Crippen LogP) is 2.05. The topological polar surface area (TPSA) is 32.3 Å². The van der Waals surface area contributed by atoms with Crippen LogP contribution in [0.4, 0.5) is 4.39 Å². The van der Waals surface area contributed by atoms with Gasteiger partial charge in [-0.1, -0.05) is 17.7 Å². The van der Waals surface area contributed by atoms with Crippen molar-refractivity contribution in [2.45, 2.75) is 13.0 Å². The first kappa shape index (κ1) is 13.3. The minimum absolute atomic E-state index is 0.000508. The number of likely N-dealkylation sites (tertiary alicyclic amines) is 1. The highest BCUT2D eigenvalue weighted by molar-refractivity contribution is 6.31. The van der Waals surface area contributed by atoms with Crippen LogP contribution in [-0.4, -0.2) is 30.9 Å². The Balaban J connectivity index is 2.02. The second kappa shape index (κ2) is 5.67. The van der Waals surface area contributed by atoms with E-state index in [1.54, 1.807) is 19.2 Å². The van der Waals surface area contributed by atoms with Crippen LogP contribution in [0.5, 0.6) is 0 Å². The number of amides is 1. The number of benzene rings is 1. The fourth-order valence-corrected chi connectivity index (χ4v) is 2.52. The zero-order valence-electron chi connectivity index (χ0n) is 10.2. The molecule has 18 heavy (non-hydrogen) atoms. The molecular weight excluding hydrogens is 255 g/mol. The van der Waals surface area contributed by atoms with Gasteiger partial charge >= 0.3 is 0 Å². The van der Waals surface area contributed by atoms with E-state index in [0.717, 1.165) is 13.0 Å². The number of nitrogens with zero attached hydrogens (tertiary/aromatic N) is 1. The zero-order valence-corrected chi connectivity index (χ0v) is 11.0. The summed E-state index contributed by atoms with van der Waals surface area (Å²) in [6.07, 6.45) is 0.811. The minimum Gasteiger partial charge on any atom is -0.359 e. The van der Waals surface area contributed by atoms with Crippen LogP contribution in [0.1, 0.15) is 12.0 Å². The molecule has 1 amide bonds. The summed E-state index contributed by atoms with van der Waals surface area (Å²) in [7, 11) is 1.64. The molecule has 0 bridgehead atoms. The first-order chi connectivity index (χ1) is 8.61. The van der Waals surface area contributed by atoms with Gasteiger partial charge in [-0.2, -0.15) is 0 Å². The van der Waals surface area contributed by atoms with E-state index in [-0.39, 0.29) is 17.6 Å². The van der Waals surface area contributed by atoms with E-state index < -0.39 is 0 Å². The molecule has 0 radical (unpaired) electrons. The first-order valence-electron chi connectivity index (χ1n) is 5.98. The van der Waals surface area contributed by atoms with E-state index in [9.17, 15) is 9.18 Å². The van der Waals surface area contributed by atoms with Crippen LogP contribution < -0.4 is 5.32 Å². The molecule has 98 valence electrons. The van der Waals surface area contributed by atoms with Crippen molar-refractivity contribution in [3.8, 4) is 0 Å². The Labute approximate surface area is 111 Å². The Bertz CT molecular complexity index is 432. The van der Waals surface area contributed by atoms with Crippen molar-refractivity contribution < 1.29 is 9.18 Å². The lowest BCUT2D eigenvalue weighted by molar-refractivity contribution is -0.124. The molecular formula is C13H16ClFN2O. The molecule has 1 aromatic rings. The minimum atomic E-state index is -0.286. The van der Waals surface area contributed by atoms with Crippen LogP contribution >= 0.6 is 11.6 Å². The Kier molecular flexibility index (Phi) is 4.19. The predicted molar refractivity (Wildman–Crippen MR) is 68.9 cm³/mol. The van der Waals surface area contributed by atoms with Crippen molar-refractivity contribution in [2.75, 3.05) is 20.1 Å². The quantitative estimate of drug-likeness (QED) is 0.912. The van der Waals surface area contributed by atoms with Crippen molar-refractivity contribution in [1.29, 1.82) is 0 Å². The summed E-state index contributed by atoms with van der Waals surface area (Å²) in [4.78, 5) is 13.6. The number of halogens is 2. The third-order valence-electron chi connectivity index (χ3n) is 3.33. The molecule has 1 N–H and O–H groups in total. The van der Waals surface area contributed by atoms with Crippen LogP contribution in [0.3, 0.4) is 0 Å². The molecule has 1 aliphatic heterocycles. The molecule has 0 saturated carbocycles. The second-order valence-corrected chi connectivity index (χ2v) is 4.94. The molecule has 0 aliphatic carbocycles. The number of rotatable bonds is 3. The van der Waals surface area contributed by atoms with E-state index in [0.29, 0.717) is 23.7 Å². The largest absolute Gasteiger partial charge is 0.359 e. The molecule has 1 aliphatic rings. The zero-order chi connectivity index (χ0) is 13.1. The highest BCUT2D eigenvalue weighted by atomic mass is 35.5. The maximum Gasteiger partial charge on any atom is 0.224 e. The summed E-state index contributed by atoms with van der Waals surface area (Å²) in [6.45, 7) is 1.91. The molecule has 0 spiro atoms. The summed E-state index contributed by atoms with van der Waals surface area (Å²) in [5.74, 6) is -0.233. The van der Waals surface area contributed by atoms with Gasteiger partial charge in [0.15, 0.2) is 0 Å². The van der Waals surface area contributed by atoms with Crippen molar-refractivity contribution in [2.24, 2.45) is 5.92 Å². The molecule has 2 rings (SSSR count). The standard InChI is InChI=1S/C13H16ClFN2O/c1-16-13(18)9-5-6-17(7-9)8-10-11(14)3-2-4-12(10)15/h2-4,9H,5-8H2,1H3,(H,16,18)/t9-/m1/s1.